The van der Waals surface area contributed by atoms with Crippen molar-refractivity contribution in [3.63, 3.8) is 0 Å². The van der Waals surface area contributed by atoms with Crippen molar-refractivity contribution in [1.82, 2.24) is 4.90 Å². The van der Waals surface area contributed by atoms with Crippen molar-refractivity contribution in [2.24, 2.45) is 5.92 Å². The minimum absolute atomic E-state index is 0.895. The van der Waals surface area contributed by atoms with Gasteiger partial charge >= 0.3 is 0 Å². The Labute approximate surface area is 87.2 Å². The highest BCUT2D eigenvalue weighted by Gasteiger charge is 2.39. The molecule has 2 unspecified atom stereocenters. The van der Waals surface area contributed by atoms with Crippen LogP contribution < -0.4 is 0 Å². The lowest BCUT2D eigenvalue weighted by molar-refractivity contribution is 0.217. The van der Waals surface area contributed by atoms with E-state index in [-0.39, 0.29) is 0 Å². The summed E-state index contributed by atoms with van der Waals surface area (Å²) in [5.41, 5.74) is 3.61. The fraction of sp³-hybridized carbons (Fsp3) is 0.846. The fourth-order valence-corrected chi connectivity index (χ4v) is 3.90. The Hall–Kier alpha value is -0.460. The maximum Gasteiger partial charge on any atom is 0.0349 e. The quantitative estimate of drug-likeness (QED) is 0.568. The van der Waals surface area contributed by atoms with Crippen molar-refractivity contribution in [2.75, 3.05) is 7.05 Å². The average molecular weight is 191 g/mol. The molecule has 3 aliphatic rings. The molecule has 0 N–H and O–H groups in total. The first-order chi connectivity index (χ1) is 6.88. The number of nitrogens with zero attached hydrogens (tertiary/aromatic N) is 1. The van der Waals surface area contributed by atoms with Crippen LogP contribution in [0.5, 0.6) is 0 Å². The van der Waals surface area contributed by atoms with Gasteiger partial charge in [-0.2, -0.15) is 0 Å². The van der Waals surface area contributed by atoms with Gasteiger partial charge in [-0.25, -0.2) is 0 Å². The zero-order valence-electron chi connectivity index (χ0n) is 9.26. The lowest BCUT2D eigenvalue weighted by atomic mass is 9.79. The van der Waals surface area contributed by atoms with Crippen LogP contribution in [0.3, 0.4) is 0 Å². The summed E-state index contributed by atoms with van der Waals surface area (Å²) in [4.78, 5) is 2.64. The van der Waals surface area contributed by atoms with Gasteiger partial charge in [-0.15, -0.1) is 0 Å². The molecule has 1 fully saturated rings. The van der Waals surface area contributed by atoms with E-state index < -0.39 is 0 Å². The topological polar surface area (TPSA) is 3.24 Å². The first-order valence-corrected chi connectivity index (χ1v) is 6.32. The first kappa shape index (κ1) is 8.82. The van der Waals surface area contributed by atoms with Crippen molar-refractivity contribution in [3.05, 3.63) is 11.3 Å². The van der Waals surface area contributed by atoms with Crippen LogP contribution in [0.4, 0.5) is 0 Å². The Morgan fingerprint density at radius 1 is 1.00 bits per heavy atom. The highest BCUT2D eigenvalue weighted by molar-refractivity contribution is 5.27. The number of allylic oxidation sites excluding steroid dienone is 1. The lowest BCUT2D eigenvalue weighted by Crippen LogP contribution is -2.33. The maximum atomic E-state index is 2.64. The minimum atomic E-state index is 0.895. The van der Waals surface area contributed by atoms with E-state index >= 15 is 0 Å². The Bertz CT molecular complexity index is 266. The molecule has 3 rings (SSSR count). The zero-order chi connectivity index (χ0) is 9.54. The number of hydrogen-bond acceptors (Lipinski definition) is 1. The zero-order valence-corrected chi connectivity index (χ0v) is 9.26. The predicted molar refractivity (Wildman–Crippen MR) is 59.0 cm³/mol. The second kappa shape index (κ2) is 3.29. The molecule has 1 heterocycles. The molecular formula is C13H21N. The van der Waals surface area contributed by atoms with Crippen LogP contribution in [0.15, 0.2) is 11.3 Å². The summed E-state index contributed by atoms with van der Waals surface area (Å²) in [5, 5.41) is 0. The summed E-state index contributed by atoms with van der Waals surface area (Å²) in [7, 11) is 2.34. The molecule has 1 saturated carbocycles. The van der Waals surface area contributed by atoms with Crippen LogP contribution >= 0.6 is 0 Å². The summed E-state index contributed by atoms with van der Waals surface area (Å²) in [6.07, 6.45) is 11.6. The van der Waals surface area contributed by atoms with Gasteiger partial charge in [0.1, 0.15) is 0 Å². The smallest absolute Gasteiger partial charge is 0.0349 e. The molecule has 0 aromatic heterocycles. The molecule has 2 aliphatic carbocycles. The van der Waals surface area contributed by atoms with Crippen molar-refractivity contribution in [2.45, 2.75) is 57.4 Å². The number of rotatable bonds is 0. The molecule has 0 amide bonds. The molecule has 2 atom stereocenters. The fourth-order valence-electron chi connectivity index (χ4n) is 3.90. The summed E-state index contributed by atoms with van der Waals surface area (Å²) >= 11 is 0. The van der Waals surface area contributed by atoms with Crippen LogP contribution in [0, 0.1) is 5.92 Å². The largest absolute Gasteiger partial charge is 0.374 e. The van der Waals surface area contributed by atoms with Crippen LogP contribution in [0.2, 0.25) is 0 Å². The third kappa shape index (κ3) is 1.14. The first-order valence-electron chi connectivity index (χ1n) is 6.32. The molecule has 0 aromatic rings. The van der Waals surface area contributed by atoms with Gasteiger partial charge in [0.25, 0.3) is 0 Å². The van der Waals surface area contributed by atoms with E-state index in [1.165, 1.54) is 51.4 Å². The average Bonchev–Trinajstić information content (AvgIpc) is 2.55. The van der Waals surface area contributed by atoms with E-state index in [0.717, 1.165) is 12.0 Å². The van der Waals surface area contributed by atoms with E-state index in [0.29, 0.717) is 0 Å². The summed E-state index contributed by atoms with van der Waals surface area (Å²) in [5.74, 6) is 0.962. The summed E-state index contributed by atoms with van der Waals surface area (Å²) in [6.45, 7) is 0. The van der Waals surface area contributed by atoms with Gasteiger partial charge in [-0.05, 0) is 44.1 Å². The third-order valence-electron chi connectivity index (χ3n) is 4.58. The van der Waals surface area contributed by atoms with Gasteiger partial charge in [0.05, 0.1) is 0 Å². The summed E-state index contributed by atoms with van der Waals surface area (Å²) < 4.78 is 0. The van der Waals surface area contributed by atoms with Gasteiger partial charge in [0.15, 0.2) is 0 Å². The van der Waals surface area contributed by atoms with Crippen LogP contribution in [-0.2, 0) is 0 Å². The molecule has 14 heavy (non-hydrogen) atoms. The van der Waals surface area contributed by atoms with Crippen molar-refractivity contribution in [3.8, 4) is 0 Å². The van der Waals surface area contributed by atoms with Crippen molar-refractivity contribution in [1.29, 1.82) is 0 Å². The Morgan fingerprint density at radius 3 is 2.71 bits per heavy atom. The van der Waals surface area contributed by atoms with Crippen LogP contribution in [-0.4, -0.2) is 18.0 Å². The van der Waals surface area contributed by atoms with Gasteiger partial charge in [-0.1, -0.05) is 12.8 Å². The van der Waals surface area contributed by atoms with Crippen LogP contribution in [0.25, 0.3) is 0 Å². The number of fused-ring (bicyclic) bond motifs is 2. The molecule has 1 nitrogen and oxygen atoms in total. The predicted octanol–water partition coefficient (Wildman–Crippen LogP) is 3.32. The van der Waals surface area contributed by atoms with E-state index in [1.54, 1.807) is 5.70 Å². The van der Waals surface area contributed by atoms with E-state index in [4.69, 9.17) is 0 Å². The molecule has 0 aromatic carbocycles. The molecule has 0 bridgehead atoms. The van der Waals surface area contributed by atoms with Crippen LogP contribution in [0.1, 0.15) is 51.4 Å². The Balaban J connectivity index is 1.92. The Kier molecular flexibility index (Phi) is 2.07. The summed E-state index contributed by atoms with van der Waals surface area (Å²) in [6, 6.07) is 0.895. The molecule has 78 valence electrons. The molecule has 0 spiro atoms. The molecular weight excluding hydrogens is 170 g/mol. The monoisotopic (exact) mass is 191 g/mol. The maximum absolute atomic E-state index is 2.64. The highest BCUT2D eigenvalue weighted by Crippen LogP contribution is 2.46. The lowest BCUT2D eigenvalue weighted by Gasteiger charge is -2.32. The van der Waals surface area contributed by atoms with Gasteiger partial charge in [-0.3, -0.25) is 0 Å². The molecule has 1 aliphatic heterocycles. The minimum Gasteiger partial charge on any atom is -0.374 e. The second-order valence-corrected chi connectivity index (χ2v) is 5.25. The second-order valence-electron chi connectivity index (χ2n) is 5.25. The Morgan fingerprint density at radius 2 is 1.79 bits per heavy atom. The SMILES string of the molecule is CN1C2=C(CCCC2)C2CCCCC21. The highest BCUT2D eigenvalue weighted by atomic mass is 15.2. The van der Waals surface area contributed by atoms with E-state index in [2.05, 4.69) is 11.9 Å². The van der Waals surface area contributed by atoms with E-state index in [1.807, 2.05) is 5.57 Å². The van der Waals surface area contributed by atoms with Gasteiger partial charge in [0.2, 0.25) is 0 Å². The van der Waals surface area contributed by atoms with Gasteiger partial charge in [0, 0.05) is 24.7 Å². The normalized spacial score (nSPS) is 37.1. The molecule has 1 heteroatoms. The third-order valence-corrected chi connectivity index (χ3v) is 4.58. The van der Waals surface area contributed by atoms with Crippen molar-refractivity contribution >= 4 is 0 Å². The molecule has 0 radical (unpaired) electrons. The van der Waals surface area contributed by atoms with E-state index in [9.17, 15) is 0 Å². The van der Waals surface area contributed by atoms with Crippen molar-refractivity contribution < 1.29 is 0 Å². The van der Waals surface area contributed by atoms with Gasteiger partial charge < -0.3 is 4.90 Å². The standard InChI is InChI=1S/C13H21N/c1-14-12-8-4-2-6-10(12)11-7-3-5-9-13(11)14/h10,12H,2-9H2,1H3. The molecule has 0 saturated heterocycles. The number of hydrogen-bond donors (Lipinski definition) is 0.